The zero-order valence-electron chi connectivity index (χ0n) is 10.4. The predicted molar refractivity (Wildman–Crippen MR) is 63.6 cm³/mol. The highest BCUT2D eigenvalue weighted by Gasteiger charge is 2.23. The summed E-state index contributed by atoms with van der Waals surface area (Å²) in [5.41, 5.74) is 0.421. The summed E-state index contributed by atoms with van der Waals surface area (Å²) < 4.78 is 5.22. The van der Waals surface area contributed by atoms with E-state index in [1.807, 2.05) is 11.9 Å². The van der Waals surface area contributed by atoms with E-state index in [9.17, 15) is 4.79 Å². The Morgan fingerprint density at radius 1 is 1.59 bits per heavy atom. The Kier molecular flexibility index (Phi) is 3.78. The maximum atomic E-state index is 12.1. The maximum Gasteiger partial charge on any atom is 0.275 e. The molecular weight excluding hydrogens is 218 g/mol. The van der Waals surface area contributed by atoms with Gasteiger partial charge in [0.05, 0.1) is 6.54 Å². The van der Waals surface area contributed by atoms with Gasteiger partial charge in [-0.15, -0.1) is 0 Å². The predicted octanol–water partition coefficient (Wildman–Crippen LogP) is 1.27. The van der Waals surface area contributed by atoms with Crippen LogP contribution in [0, 0.1) is 5.92 Å². The molecule has 0 atom stereocenters. The summed E-state index contributed by atoms with van der Waals surface area (Å²) in [6, 6.07) is 0. The second kappa shape index (κ2) is 5.31. The number of piperidine rings is 1. The maximum absolute atomic E-state index is 12.1. The van der Waals surface area contributed by atoms with E-state index in [0.29, 0.717) is 18.1 Å². The van der Waals surface area contributed by atoms with Crippen LogP contribution in [-0.2, 0) is 6.54 Å². The smallest absolute Gasteiger partial charge is 0.275 e. The van der Waals surface area contributed by atoms with Gasteiger partial charge in [-0.05, 0) is 25.8 Å². The molecule has 2 heterocycles. The molecular formula is C12H19N3O2. The first-order valence-corrected chi connectivity index (χ1v) is 6.09. The number of likely N-dealkylation sites (tertiary alicyclic amines) is 1. The van der Waals surface area contributed by atoms with Crippen LogP contribution in [0.5, 0.6) is 0 Å². The summed E-state index contributed by atoms with van der Waals surface area (Å²) >= 11 is 0. The molecule has 1 aliphatic rings. The van der Waals surface area contributed by atoms with Gasteiger partial charge in [-0.1, -0.05) is 6.92 Å². The van der Waals surface area contributed by atoms with Gasteiger partial charge in [0.1, 0.15) is 6.26 Å². The zero-order valence-corrected chi connectivity index (χ0v) is 10.4. The van der Waals surface area contributed by atoms with Gasteiger partial charge in [0.2, 0.25) is 5.89 Å². The summed E-state index contributed by atoms with van der Waals surface area (Å²) in [5, 5.41) is 2.94. The van der Waals surface area contributed by atoms with Gasteiger partial charge in [-0.3, -0.25) is 4.79 Å². The van der Waals surface area contributed by atoms with Gasteiger partial charge in [0, 0.05) is 13.1 Å². The lowest BCUT2D eigenvalue weighted by molar-refractivity contribution is 0.0691. The number of hydrogen-bond donors (Lipinski definition) is 1. The monoisotopic (exact) mass is 237 g/mol. The minimum atomic E-state index is -0.0111. The van der Waals surface area contributed by atoms with E-state index >= 15 is 0 Å². The molecule has 0 saturated carbocycles. The van der Waals surface area contributed by atoms with Crippen LogP contribution in [0.3, 0.4) is 0 Å². The lowest BCUT2D eigenvalue weighted by atomic mass is 9.99. The first kappa shape index (κ1) is 12.1. The Morgan fingerprint density at radius 3 is 2.94 bits per heavy atom. The molecule has 5 nitrogen and oxygen atoms in total. The number of carbonyl (C=O) groups excluding carboxylic acids is 1. The topological polar surface area (TPSA) is 58.4 Å². The zero-order chi connectivity index (χ0) is 12.3. The normalized spacial score (nSPS) is 17.4. The highest BCUT2D eigenvalue weighted by Crippen LogP contribution is 2.18. The minimum absolute atomic E-state index is 0.0111. The molecule has 0 aromatic carbocycles. The van der Waals surface area contributed by atoms with Gasteiger partial charge < -0.3 is 14.6 Å². The van der Waals surface area contributed by atoms with Crippen molar-refractivity contribution in [2.24, 2.45) is 5.92 Å². The van der Waals surface area contributed by atoms with E-state index in [-0.39, 0.29) is 5.91 Å². The van der Waals surface area contributed by atoms with Crippen LogP contribution in [0.4, 0.5) is 0 Å². The Morgan fingerprint density at radius 2 is 2.29 bits per heavy atom. The van der Waals surface area contributed by atoms with Crippen molar-refractivity contribution in [1.29, 1.82) is 0 Å². The average molecular weight is 237 g/mol. The number of oxazole rings is 1. The third-order valence-corrected chi connectivity index (χ3v) is 3.17. The van der Waals surface area contributed by atoms with Crippen LogP contribution in [0.2, 0.25) is 0 Å². The largest absolute Gasteiger partial charge is 0.447 e. The molecule has 5 heteroatoms. The third kappa shape index (κ3) is 2.85. The summed E-state index contributed by atoms with van der Waals surface area (Å²) in [6.07, 6.45) is 3.60. The number of carbonyl (C=O) groups is 1. The molecule has 94 valence electrons. The van der Waals surface area contributed by atoms with Gasteiger partial charge in [0.15, 0.2) is 5.69 Å². The van der Waals surface area contributed by atoms with Crippen LogP contribution >= 0.6 is 0 Å². The SMILES string of the molecule is CNCc1nc(C(=O)N2CCC(C)CC2)co1. The summed E-state index contributed by atoms with van der Waals surface area (Å²) in [4.78, 5) is 18.1. The lowest BCUT2D eigenvalue weighted by Crippen LogP contribution is -2.38. The van der Waals surface area contributed by atoms with Crippen molar-refractivity contribution in [1.82, 2.24) is 15.2 Å². The summed E-state index contributed by atoms with van der Waals surface area (Å²) in [7, 11) is 1.82. The molecule has 17 heavy (non-hydrogen) atoms. The van der Waals surface area contributed by atoms with Crippen molar-refractivity contribution in [3.05, 3.63) is 17.8 Å². The molecule has 1 aromatic heterocycles. The van der Waals surface area contributed by atoms with Crippen molar-refractivity contribution >= 4 is 5.91 Å². The molecule has 0 bridgehead atoms. The first-order valence-electron chi connectivity index (χ1n) is 6.09. The van der Waals surface area contributed by atoms with Crippen LogP contribution < -0.4 is 5.32 Å². The first-order chi connectivity index (χ1) is 8.20. The van der Waals surface area contributed by atoms with Gasteiger partial charge in [-0.25, -0.2) is 4.98 Å². The van der Waals surface area contributed by atoms with Crippen LogP contribution in [-0.4, -0.2) is 35.9 Å². The van der Waals surface area contributed by atoms with Crippen molar-refractivity contribution in [2.45, 2.75) is 26.3 Å². The van der Waals surface area contributed by atoms with Gasteiger partial charge >= 0.3 is 0 Å². The van der Waals surface area contributed by atoms with Gasteiger partial charge in [-0.2, -0.15) is 0 Å². The molecule has 0 unspecified atom stereocenters. The second-order valence-electron chi connectivity index (χ2n) is 4.63. The Balaban J connectivity index is 1.98. The fraction of sp³-hybridized carbons (Fsp3) is 0.667. The van der Waals surface area contributed by atoms with E-state index in [0.717, 1.165) is 31.8 Å². The van der Waals surface area contributed by atoms with E-state index in [4.69, 9.17) is 4.42 Å². The highest BCUT2D eigenvalue weighted by molar-refractivity contribution is 5.92. The molecule has 0 spiro atoms. The van der Waals surface area contributed by atoms with E-state index < -0.39 is 0 Å². The van der Waals surface area contributed by atoms with E-state index in [1.54, 1.807) is 0 Å². The van der Waals surface area contributed by atoms with Gasteiger partial charge in [0.25, 0.3) is 5.91 Å². The quantitative estimate of drug-likeness (QED) is 0.860. The second-order valence-corrected chi connectivity index (χ2v) is 4.63. The van der Waals surface area contributed by atoms with Crippen molar-refractivity contribution in [3.8, 4) is 0 Å². The molecule has 1 aromatic rings. The van der Waals surface area contributed by atoms with E-state index in [2.05, 4.69) is 17.2 Å². The van der Waals surface area contributed by atoms with Crippen LogP contribution in [0.25, 0.3) is 0 Å². The lowest BCUT2D eigenvalue weighted by Gasteiger charge is -2.29. The fourth-order valence-electron chi connectivity index (χ4n) is 2.02. The van der Waals surface area contributed by atoms with Crippen LogP contribution in [0.1, 0.15) is 36.1 Å². The number of rotatable bonds is 3. The summed E-state index contributed by atoms with van der Waals surface area (Å²) in [6.45, 7) is 4.43. The average Bonchev–Trinajstić information content (AvgIpc) is 2.78. The number of nitrogens with zero attached hydrogens (tertiary/aromatic N) is 2. The minimum Gasteiger partial charge on any atom is -0.447 e. The Bertz CT molecular complexity index is 381. The number of aromatic nitrogens is 1. The highest BCUT2D eigenvalue weighted by atomic mass is 16.3. The number of amides is 1. The van der Waals surface area contributed by atoms with Crippen molar-refractivity contribution in [3.63, 3.8) is 0 Å². The van der Waals surface area contributed by atoms with Crippen molar-refractivity contribution in [2.75, 3.05) is 20.1 Å². The molecule has 0 radical (unpaired) electrons. The molecule has 1 aliphatic heterocycles. The van der Waals surface area contributed by atoms with Crippen molar-refractivity contribution < 1.29 is 9.21 Å². The fourth-order valence-corrected chi connectivity index (χ4v) is 2.02. The van der Waals surface area contributed by atoms with Crippen LogP contribution in [0.15, 0.2) is 10.7 Å². The standard InChI is InChI=1S/C12H19N3O2/c1-9-3-5-15(6-4-9)12(16)10-8-17-11(14-10)7-13-2/h8-9,13H,3-7H2,1-2H3. The molecule has 1 fully saturated rings. The molecule has 1 amide bonds. The Hall–Kier alpha value is -1.36. The van der Waals surface area contributed by atoms with E-state index in [1.165, 1.54) is 6.26 Å². The molecule has 0 aliphatic carbocycles. The number of hydrogen-bond acceptors (Lipinski definition) is 4. The molecule has 1 saturated heterocycles. The Labute approximate surface area is 101 Å². The molecule has 1 N–H and O–H groups in total. The third-order valence-electron chi connectivity index (χ3n) is 3.17. The summed E-state index contributed by atoms with van der Waals surface area (Å²) in [5.74, 6) is 1.26. The molecule has 2 rings (SSSR count). The number of nitrogens with one attached hydrogen (secondary N) is 1.